The molecule has 1 heterocycles. The van der Waals surface area contributed by atoms with Gasteiger partial charge in [0, 0.05) is 36.0 Å². The van der Waals surface area contributed by atoms with E-state index in [-0.39, 0.29) is 24.7 Å². The topological polar surface area (TPSA) is 97.5 Å². The van der Waals surface area contributed by atoms with E-state index in [4.69, 9.17) is 5.11 Å². The number of aryl methyl sites for hydroxylation is 1. The Morgan fingerprint density at radius 3 is 2.78 bits per heavy atom. The first-order valence-corrected chi connectivity index (χ1v) is 9.59. The third-order valence-corrected chi connectivity index (χ3v) is 5.64. The average molecular weight is 370 g/mol. The molecule has 2 amide bonds. The number of anilines is 1. The highest BCUT2D eigenvalue weighted by molar-refractivity contribution is 5.94. The highest BCUT2D eigenvalue weighted by atomic mass is 16.4. The summed E-state index contributed by atoms with van der Waals surface area (Å²) in [7, 11) is 0. The number of nitrogens with one attached hydrogen (secondary N) is 3. The van der Waals surface area contributed by atoms with Gasteiger partial charge in [0.25, 0.3) is 0 Å². The molecular formula is C20H26N4O3. The van der Waals surface area contributed by atoms with Crippen LogP contribution in [0.5, 0.6) is 0 Å². The summed E-state index contributed by atoms with van der Waals surface area (Å²) in [5.41, 5.74) is 2.80. The fourth-order valence-electron chi connectivity index (χ4n) is 3.85. The molecule has 1 aromatic heterocycles. The molecule has 4 N–H and O–H groups in total. The number of rotatable bonds is 7. The lowest BCUT2D eigenvalue weighted by molar-refractivity contribution is -0.139. The lowest BCUT2D eigenvalue weighted by Crippen LogP contribution is -2.55. The maximum Gasteiger partial charge on any atom is 0.319 e. The number of carbonyl (C=O) groups is 2. The Morgan fingerprint density at radius 1 is 1.30 bits per heavy atom. The van der Waals surface area contributed by atoms with Gasteiger partial charge >= 0.3 is 12.0 Å². The molecule has 0 radical (unpaired) electrons. The van der Waals surface area contributed by atoms with E-state index in [1.54, 1.807) is 0 Å². The number of hydrogen-bond acceptors (Lipinski definition) is 3. The fraction of sp³-hybridized carbons (Fsp3) is 0.500. The van der Waals surface area contributed by atoms with Crippen LogP contribution in [-0.4, -0.2) is 52.2 Å². The molecule has 7 nitrogen and oxygen atoms in total. The number of nitrogens with zero attached hydrogens (tertiary/aromatic N) is 1. The van der Waals surface area contributed by atoms with Gasteiger partial charge in [-0.05, 0) is 67.7 Å². The minimum atomic E-state index is -0.778. The summed E-state index contributed by atoms with van der Waals surface area (Å²) in [6.45, 7) is 2.93. The third kappa shape index (κ3) is 4.24. The van der Waals surface area contributed by atoms with Gasteiger partial charge in [-0.15, -0.1) is 0 Å². The van der Waals surface area contributed by atoms with E-state index >= 15 is 0 Å². The zero-order valence-electron chi connectivity index (χ0n) is 15.5. The number of H-pyrrole nitrogens is 1. The number of hydrogen-bond donors (Lipinski definition) is 4. The van der Waals surface area contributed by atoms with Crippen LogP contribution >= 0.6 is 0 Å². The zero-order chi connectivity index (χ0) is 19.0. The molecule has 27 heavy (non-hydrogen) atoms. The molecule has 144 valence electrons. The van der Waals surface area contributed by atoms with Crippen molar-refractivity contribution in [1.82, 2.24) is 15.2 Å². The Bertz CT molecular complexity index is 852. The number of benzene rings is 1. The van der Waals surface area contributed by atoms with E-state index < -0.39 is 5.97 Å². The molecule has 0 bridgehead atoms. The SMILES string of the molecule is Cc1cc2cc[nH]c2cc1NC(=O)NC1CC(N(CC(=O)O)CC2CC2)C1. The van der Waals surface area contributed by atoms with Crippen LogP contribution in [-0.2, 0) is 4.79 Å². The smallest absolute Gasteiger partial charge is 0.319 e. The predicted octanol–water partition coefficient (Wildman–Crippen LogP) is 2.93. The monoisotopic (exact) mass is 370 g/mol. The molecule has 4 rings (SSSR count). The first-order valence-electron chi connectivity index (χ1n) is 9.59. The Morgan fingerprint density at radius 2 is 2.07 bits per heavy atom. The Labute approximate surface area is 158 Å². The molecule has 0 spiro atoms. The summed E-state index contributed by atoms with van der Waals surface area (Å²) in [5, 5.41) is 16.2. The molecule has 2 aliphatic carbocycles. The average Bonchev–Trinajstić information content (AvgIpc) is 3.26. The van der Waals surface area contributed by atoms with Crippen molar-refractivity contribution in [2.45, 2.75) is 44.7 Å². The molecule has 2 aromatic rings. The van der Waals surface area contributed by atoms with Crippen LogP contribution in [0.25, 0.3) is 10.9 Å². The highest BCUT2D eigenvalue weighted by Gasteiger charge is 2.37. The molecule has 2 aliphatic rings. The van der Waals surface area contributed by atoms with E-state index in [9.17, 15) is 9.59 Å². The van der Waals surface area contributed by atoms with Crippen LogP contribution in [0.1, 0.15) is 31.2 Å². The van der Waals surface area contributed by atoms with Gasteiger partial charge in [-0.25, -0.2) is 4.79 Å². The van der Waals surface area contributed by atoms with Crippen molar-refractivity contribution in [3.8, 4) is 0 Å². The summed E-state index contributed by atoms with van der Waals surface area (Å²) in [6, 6.07) is 6.13. The molecule has 0 atom stereocenters. The number of fused-ring (bicyclic) bond motifs is 1. The van der Waals surface area contributed by atoms with Gasteiger partial charge in [-0.2, -0.15) is 0 Å². The lowest BCUT2D eigenvalue weighted by Gasteiger charge is -2.42. The summed E-state index contributed by atoms with van der Waals surface area (Å²) in [6.07, 6.45) is 5.91. The van der Waals surface area contributed by atoms with Crippen LogP contribution in [0, 0.1) is 12.8 Å². The summed E-state index contributed by atoms with van der Waals surface area (Å²) >= 11 is 0. The lowest BCUT2D eigenvalue weighted by atomic mass is 9.85. The van der Waals surface area contributed by atoms with Crippen LogP contribution in [0.2, 0.25) is 0 Å². The largest absolute Gasteiger partial charge is 0.480 e. The number of aromatic nitrogens is 1. The number of aliphatic carboxylic acids is 1. The quantitative estimate of drug-likeness (QED) is 0.602. The molecule has 1 aromatic carbocycles. The first-order chi connectivity index (χ1) is 13.0. The van der Waals surface area contributed by atoms with Gasteiger partial charge < -0.3 is 20.7 Å². The van der Waals surface area contributed by atoms with Gasteiger partial charge in [-0.1, -0.05) is 0 Å². The van der Waals surface area contributed by atoms with Crippen LogP contribution in [0.4, 0.5) is 10.5 Å². The zero-order valence-corrected chi connectivity index (χ0v) is 15.5. The maximum atomic E-state index is 12.3. The first kappa shape index (κ1) is 17.9. The second-order valence-corrected chi connectivity index (χ2v) is 7.92. The van der Waals surface area contributed by atoms with Crippen molar-refractivity contribution in [3.05, 3.63) is 30.0 Å². The van der Waals surface area contributed by atoms with Crippen molar-refractivity contribution in [2.75, 3.05) is 18.4 Å². The molecule has 2 saturated carbocycles. The van der Waals surface area contributed by atoms with Gasteiger partial charge in [0.1, 0.15) is 0 Å². The van der Waals surface area contributed by atoms with Crippen molar-refractivity contribution in [3.63, 3.8) is 0 Å². The Hall–Kier alpha value is -2.54. The van der Waals surface area contributed by atoms with E-state index in [2.05, 4.69) is 20.5 Å². The highest BCUT2D eigenvalue weighted by Crippen LogP contribution is 2.33. The number of urea groups is 1. The molecule has 0 saturated heterocycles. The number of aromatic amines is 1. The summed E-state index contributed by atoms with van der Waals surface area (Å²) in [5.74, 6) is -0.120. The van der Waals surface area contributed by atoms with Crippen LogP contribution < -0.4 is 10.6 Å². The number of carboxylic acids is 1. The number of carboxylic acid groups (broad SMARTS) is 1. The van der Waals surface area contributed by atoms with E-state index in [0.717, 1.165) is 41.5 Å². The minimum absolute atomic E-state index is 0.0927. The van der Waals surface area contributed by atoms with Crippen molar-refractivity contribution < 1.29 is 14.7 Å². The number of carbonyl (C=O) groups excluding carboxylic acids is 1. The maximum absolute atomic E-state index is 12.3. The normalized spacial score (nSPS) is 21.9. The predicted molar refractivity (Wildman–Crippen MR) is 104 cm³/mol. The minimum Gasteiger partial charge on any atom is -0.480 e. The van der Waals surface area contributed by atoms with Gasteiger partial charge in [0.15, 0.2) is 0 Å². The Balaban J connectivity index is 1.29. The standard InChI is InChI=1S/C20H26N4O3/c1-12-6-14-4-5-21-18(14)9-17(12)23-20(27)22-15-7-16(8-15)24(11-19(25)26)10-13-2-3-13/h4-6,9,13,15-16,21H,2-3,7-8,10-11H2,1H3,(H,25,26)(H2,22,23,27). The molecule has 0 unspecified atom stereocenters. The molecule has 2 fully saturated rings. The second-order valence-electron chi connectivity index (χ2n) is 7.92. The van der Waals surface area contributed by atoms with Crippen molar-refractivity contribution in [2.24, 2.45) is 5.92 Å². The van der Waals surface area contributed by atoms with Gasteiger partial charge in [0.2, 0.25) is 0 Å². The molecular weight excluding hydrogens is 344 g/mol. The van der Waals surface area contributed by atoms with Gasteiger partial charge in [0.05, 0.1) is 6.54 Å². The van der Waals surface area contributed by atoms with Crippen LogP contribution in [0.3, 0.4) is 0 Å². The van der Waals surface area contributed by atoms with E-state index in [1.807, 2.05) is 31.3 Å². The van der Waals surface area contributed by atoms with E-state index in [0.29, 0.717) is 5.92 Å². The summed E-state index contributed by atoms with van der Waals surface area (Å²) in [4.78, 5) is 28.7. The van der Waals surface area contributed by atoms with Crippen molar-refractivity contribution in [1.29, 1.82) is 0 Å². The fourth-order valence-corrected chi connectivity index (χ4v) is 3.85. The summed E-state index contributed by atoms with van der Waals surface area (Å²) < 4.78 is 0. The number of amides is 2. The molecule has 7 heteroatoms. The van der Waals surface area contributed by atoms with Crippen molar-refractivity contribution >= 4 is 28.6 Å². The second kappa shape index (κ2) is 7.23. The van der Waals surface area contributed by atoms with Crippen LogP contribution in [0.15, 0.2) is 24.4 Å². The third-order valence-electron chi connectivity index (χ3n) is 5.64. The van der Waals surface area contributed by atoms with Gasteiger partial charge in [-0.3, -0.25) is 9.69 Å². The van der Waals surface area contributed by atoms with E-state index in [1.165, 1.54) is 12.8 Å². The molecule has 0 aliphatic heterocycles. The Kier molecular flexibility index (Phi) is 4.78.